The van der Waals surface area contributed by atoms with Crippen molar-refractivity contribution in [1.82, 2.24) is 5.32 Å². The van der Waals surface area contributed by atoms with Gasteiger partial charge in [0.1, 0.15) is 0 Å². The zero-order valence-corrected chi connectivity index (χ0v) is 17.3. The third kappa shape index (κ3) is 6.07. The molecule has 0 aliphatic carbocycles. The van der Waals surface area contributed by atoms with E-state index in [0.29, 0.717) is 11.3 Å². The molecule has 3 N–H and O–H groups in total. The summed E-state index contributed by atoms with van der Waals surface area (Å²) in [4.78, 5) is 12.3. The maximum atomic E-state index is 12.7. The third-order valence-electron chi connectivity index (χ3n) is 4.35. The molecule has 0 spiro atoms. The summed E-state index contributed by atoms with van der Waals surface area (Å²) in [5, 5.41) is 11.9. The Bertz CT molecular complexity index is 907. The minimum atomic E-state index is -3.83. The highest BCUT2D eigenvalue weighted by Crippen LogP contribution is 2.20. The molecule has 6 nitrogen and oxygen atoms in total. The van der Waals surface area contributed by atoms with Crippen molar-refractivity contribution in [2.24, 2.45) is 0 Å². The van der Waals surface area contributed by atoms with Gasteiger partial charge in [-0.25, -0.2) is 8.42 Å². The van der Waals surface area contributed by atoms with Crippen LogP contribution in [0.4, 0.5) is 5.69 Å². The van der Waals surface area contributed by atoms with Crippen molar-refractivity contribution in [2.75, 3.05) is 11.3 Å². The van der Waals surface area contributed by atoms with Crippen molar-refractivity contribution in [3.63, 3.8) is 0 Å². The lowest BCUT2D eigenvalue weighted by atomic mass is 10.1. The van der Waals surface area contributed by atoms with Gasteiger partial charge in [0.25, 0.3) is 15.9 Å². The molecule has 0 aliphatic rings. The molecule has 2 rings (SSSR count). The van der Waals surface area contributed by atoms with Gasteiger partial charge >= 0.3 is 0 Å². The fourth-order valence-electron chi connectivity index (χ4n) is 2.68. The molecule has 1 atom stereocenters. The molecule has 0 bridgehead atoms. The van der Waals surface area contributed by atoms with Gasteiger partial charge in [-0.05, 0) is 62.1 Å². The van der Waals surface area contributed by atoms with Crippen LogP contribution < -0.4 is 10.0 Å². The Balaban J connectivity index is 2.18. The van der Waals surface area contributed by atoms with Crippen LogP contribution in [0.1, 0.15) is 48.2 Å². The number of aliphatic hydroxyl groups excluding tert-OH is 1. The number of benzene rings is 2. The van der Waals surface area contributed by atoms with Crippen molar-refractivity contribution >= 4 is 21.6 Å². The highest BCUT2D eigenvalue weighted by Gasteiger charge is 2.18. The quantitative estimate of drug-likeness (QED) is 0.598. The first-order valence-corrected chi connectivity index (χ1v) is 10.9. The van der Waals surface area contributed by atoms with Crippen LogP contribution in [0.25, 0.3) is 0 Å². The number of sulfonamides is 1. The largest absolute Gasteiger partial charge is 0.392 e. The first-order chi connectivity index (χ1) is 13.2. The Kier molecular flexibility index (Phi) is 7.60. The van der Waals surface area contributed by atoms with E-state index in [0.717, 1.165) is 24.8 Å². The molecule has 2 aromatic carbocycles. The van der Waals surface area contributed by atoms with Crippen LogP contribution in [0.3, 0.4) is 0 Å². The molecular formula is C21H28N2O4S. The van der Waals surface area contributed by atoms with E-state index in [-0.39, 0.29) is 17.0 Å². The minimum absolute atomic E-state index is 0.00959. The summed E-state index contributed by atoms with van der Waals surface area (Å²) in [5.41, 5.74) is 2.55. The van der Waals surface area contributed by atoms with Gasteiger partial charge in [0.05, 0.1) is 11.0 Å². The van der Waals surface area contributed by atoms with E-state index < -0.39 is 22.0 Å². The van der Waals surface area contributed by atoms with E-state index >= 15 is 0 Å². The van der Waals surface area contributed by atoms with Gasteiger partial charge in [-0.3, -0.25) is 9.52 Å². The Morgan fingerprint density at radius 1 is 1.14 bits per heavy atom. The van der Waals surface area contributed by atoms with E-state index in [4.69, 9.17) is 0 Å². The van der Waals surface area contributed by atoms with Gasteiger partial charge in [-0.2, -0.15) is 0 Å². The van der Waals surface area contributed by atoms with Crippen LogP contribution in [0, 0.1) is 6.92 Å². The van der Waals surface area contributed by atoms with Crippen LogP contribution in [0.2, 0.25) is 0 Å². The van der Waals surface area contributed by atoms with E-state index in [9.17, 15) is 18.3 Å². The molecule has 2 aromatic rings. The SMILES string of the molecule is CCCCc1ccc(NS(=O)(=O)c2ccc(C)c(C(=O)NCC(C)O)c2)cc1. The van der Waals surface area contributed by atoms with Crippen molar-refractivity contribution in [1.29, 1.82) is 0 Å². The van der Waals surface area contributed by atoms with Gasteiger partial charge in [0.2, 0.25) is 0 Å². The fourth-order valence-corrected chi connectivity index (χ4v) is 3.77. The highest BCUT2D eigenvalue weighted by atomic mass is 32.2. The maximum Gasteiger partial charge on any atom is 0.261 e. The fraction of sp³-hybridized carbons (Fsp3) is 0.381. The number of nitrogens with one attached hydrogen (secondary N) is 2. The van der Waals surface area contributed by atoms with Gasteiger partial charge in [-0.15, -0.1) is 0 Å². The van der Waals surface area contributed by atoms with Crippen molar-refractivity contribution in [3.05, 3.63) is 59.2 Å². The molecule has 0 radical (unpaired) electrons. The molecular weight excluding hydrogens is 376 g/mol. The first kappa shape index (κ1) is 21.9. The summed E-state index contributed by atoms with van der Waals surface area (Å²) < 4.78 is 28.0. The monoisotopic (exact) mass is 404 g/mol. The molecule has 0 saturated carbocycles. The second-order valence-electron chi connectivity index (χ2n) is 6.94. The summed E-state index contributed by atoms with van der Waals surface area (Å²) in [6.45, 7) is 5.52. The van der Waals surface area contributed by atoms with Gasteiger partial charge in [0, 0.05) is 17.8 Å². The van der Waals surface area contributed by atoms with Crippen LogP contribution in [0.15, 0.2) is 47.4 Å². The molecule has 0 fully saturated rings. The lowest BCUT2D eigenvalue weighted by Gasteiger charge is -2.13. The molecule has 28 heavy (non-hydrogen) atoms. The van der Waals surface area contributed by atoms with Crippen LogP contribution in [-0.4, -0.2) is 32.1 Å². The number of rotatable bonds is 9. The molecule has 1 unspecified atom stereocenters. The van der Waals surface area contributed by atoms with Gasteiger partial charge in [0.15, 0.2) is 0 Å². The number of amides is 1. The minimum Gasteiger partial charge on any atom is -0.392 e. The average Bonchev–Trinajstić information content (AvgIpc) is 2.65. The number of aliphatic hydroxyl groups is 1. The summed E-state index contributed by atoms with van der Waals surface area (Å²) in [7, 11) is -3.83. The van der Waals surface area contributed by atoms with Crippen LogP contribution in [-0.2, 0) is 16.4 Å². The number of carbonyl (C=O) groups is 1. The number of aryl methyl sites for hydroxylation is 2. The third-order valence-corrected chi connectivity index (χ3v) is 5.73. The van der Waals surface area contributed by atoms with E-state index in [1.807, 2.05) is 12.1 Å². The molecule has 0 aliphatic heterocycles. The lowest BCUT2D eigenvalue weighted by molar-refractivity contribution is 0.0923. The number of unbranched alkanes of at least 4 members (excludes halogenated alkanes) is 1. The zero-order chi connectivity index (χ0) is 20.7. The normalized spacial score (nSPS) is 12.4. The molecule has 152 valence electrons. The number of anilines is 1. The molecule has 0 saturated heterocycles. The summed E-state index contributed by atoms with van der Waals surface area (Å²) in [5.74, 6) is -0.421. The highest BCUT2D eigenvalue weighted by molar-refractivity contribution is 7.92. The summed E-state index contributed by atoms with van der Waals surface area (Å²) in [6, 6.07) is 11.7. The topological polar surface area (TPSA) is 95.5 Å². The van der Waals surface area contributed by atoms with Crippen LogP contribution in [0.5, 0.6) is 0 Å². The lowest BCUT2D eigenvalue weighted by Crippen LogP contribution is -2.31. The van der Waals surface area contributed by atoms with Gasteiger partial charge in [-0.1, -0.05) is 31.5 Å². The Morgan fingerprint density at radius 2 is 1.82 bits per heavy atom. The first-order valence-electron chi connectivity index (χ1n) is 9.41. The Labute approximate surface area is 167 Å². The smallest absolute Gasteiger partial charge is 0.261 e. The molecule has 1 amide bonds. The summed E-state index contributed by atoms with van der Waals surface area (Å²) >= 11 is 0. The van der Waals surface area contributed by atoms with E-state index in [1.54, 1.807) is 32.0 Å². The molecule has 7 heteroatoms. The van der Waals surface area contributed by atoms with Crippen molar-refractivity contribution < 1.29 is 18.3 Å². The zero-order valence-electron chi connectivity index (χ0n) is 16.5. The number of hydrogen-bond acceptors (Lipinski definition) is 4. The Hall–Kier alpha value is -2.38. The van der Waals surface area contributed by atoms with Crippen molar-refractivity contribution in [3.8, 4) is 0 Å². The van der Waals surface area contributed by atoms with E-state index in [1.165, 1.54) is 12.1 Å². The second kappa shape index (κ2) is 9.71. The summed E-state index contributed by atoms with van der Waals surface area (Å²) in [6.07, 6.45) is 2.48. The predicted molar refractivity (Wildman–Crippen MR) is 111 cm³/mol. The number of carbonyl (C=O) groups excluding carboxylic acids is 1. The standard InChI is InChI=1S/C21H28N2O4S/c1-4-5-6-17-8-10-18(11-9-17)23-28(26,27)19-12-7-15(2)20(13-19)21(25)22-14-16(3)24/h7-13,16,23-24H,4-6,14H2,1-3H3,(H,22,25). The number of hydrogen-bond donors (Lipinski definition) is 3. The Morgan fingerprint density at radius 3 is 2.43 bits per heavy atom. The molecule has 0 aromatic heterocycles. The average molecular weight is 405 g/mol. The predicted octanol–water partition coefficient (Wildman–Crippen LogP) is 3.25. The maximum absolute atomic E-state index is 12.7. The van der Waals surface area contributed by atoms with Gasteiger partial charge < -0.3 is 10.4 Å². The van der Waals surface area contributed by atoms with Crippen LogP contribution >= 0.6 is 0 Å². The second-order valence-corrected chi connectivity index (χ2v) is 8.62. The molecule has 0 heterocycles. The van der Waals surface area contributed by atoms with E-state index in [2.05, 4.69) is 17.0 Å². The van der Waals surface area contributed by atoms with Crippen molar-refractivity contribution in [2.45, 2.75) is 51.0 Å².